The molecule has 0 aliphatic rings. The summed E-state index contributed by atoms with van der Waals surface area (Å²) in [6, 6.07) is 0. The number of nitrogens with zero attached hydrogens (tertiary/aromatic N) is 3. The fourth-order valence-electron chi connectivity index (χ4n) is 0.888. The lowest BCUT2D eigenvalue weighted by molar-refractivity contribution is 0.111. The lowest BCUT2D eigenvalue weighted by Gasteiger charge is -2.28. The van der Waals surface area contributed by atoms with E-state index in [2.05, 4.69) is 10.3 Å². The van der Waals surface area contributed by atoms with Crippen LogP contribution in [0.25, 0.3) is 0 Å². The minimum atomic E-state index is -5.45. The highest BCUT2D eigenvalue weighted by Gasteiger charge is 2.60. The molecule has 92 valence electrons. The molecule has 0 spiro atoms. The highest BCUT2D eigenvalue weighted by Crippen LogP contribution is 2.67. The Kier molecular flexibility index (Phi) is 3.37. The summed E-state index contributed by atoms with van der Waals surface area (Å²) in [6.07, 6.45) is 2.22. The Hall–Kier alpha value is -0.600. The van der Waals surface area contributed by atoms with Crippen LogP contribution in [0.15, 0.2) is 12.4 Å². The largest absolute Gasteiger partial charge is 0.371 e. The highest BCUT2D eigenvalue weighted by molar-refractivity contribution is 7.72. The number of aromatic nitrogens is 3. The van der Waals surface area contributed by atoms with Crippen LogP contribution < -0.4 is 0 Å². The first-order valence-corrected chi connectivity index (χ1v) is 6.98. The van der Waals surface area contributed by atoms with Crippen molar-refractivity contribution >= 4 is 15.2 Å². The molecule has 0 aromatic carbocycles. The standard InChI is InChI=1S/C4H9N3O7P2/c8-4(15(9,10)11,16(12,13)14)3-7-2-1-5-6-7/h1-2,8H,3H2,(H2,9,10,11)(H2,12,13,14). The Bertz CT molecular complexity index is 424. The van der Waals surface area contributed by atoms with E-state index in [1.54, 1.807) is 0 Å². The lowest BCUT2D eigenvalue weighted by Crippen LogP contribution is -2.34. The van der Waals surface area contributed by atoms with Crippen LogP contribution in [-0.2, 0) is 15.7 Å². The fraction of sp³-hybridized carbons (Fsp3) is 0.500. The molecule has 0 fully saturated rings. The maximum Gasteiger partial charge on any atom is 0.371 e. The minimum absolute atomic E-state index is 0.707. The normalized spacial score (nSPS) is 14.1. The van der Waals surface area contributed by atoms with Crippen LogP contribution in [-0.4, -0.2) is 44.8 Å². The molecule has 5 N–H and O–H groups in total. The van der Waals surface area contributed by atoms with E-state index in [1.165, 1.54) is 0 Å². The quantitative estimate of drug-likeness (QED) is 0.401. The maximum atomic E-state index is 10.9. The van der Waals surface area contributed by atoms with E-state index in [0.29, 0.717) is 4.68 Å². The van der Waals surface area contributed by atoms with Gasteiger partial charge in [0.1, 0.15) is 0 Å². The smallest absolute Gasteiger partial charge is 0.366 e. The van der Waals surface area contributed by atoms with Gasteiger partial charge in [-0.1, -0.05) is 5.21 Å². The van der Waals surface area contributed by atoms with Gasteiger partial charge < -0.3 is 24.7 Å². The van der Waals surface area contributed by atoms with Gasteiger partial charge >= 0.3 is 15.2 Å². The van der Waals surface area contributed by atoms with Gasteiger partial charge in [-0.2, -0.15) is 0 Å². The lowest BCUT2D eigenvalue weighted by atomic mass is 10.7. The molecule has 0 unspecified atom stereocenters. The van der Waals surface area contributed by atoms with Crippen molar-refractivity contribution in [3.63, 3.8) is 0 Å². The number of aliphatic hydroxyl groups is 1. The van der Waals surface area contributed by atoms with Gasteiger partial charge in [0, 0.05) is 6.20 Å². The van der Waals surface area contributed by atoms with E-state index in [0.717, 1.165) is 12.4 Å². The molecule has 1 rings (SSSR count). The minimum Gasteiger partial charge on any atom is -0.366 e. The van der Waals surface area contributed by atoms with Crippen molar-refractivity contribution in [2.75, 3.05) is 0 Å². The van der Waals surface area contributed by atoms with Gasteiger partial charge in [0.2, 0.25) is 0 Å². The zero-order valence-electron chi connectivity index (χ0n) is 7.65. The van der Waals surface area contributed by atoms with Crippen molar-refractivity contribution in [1.82, 2.24) is 15.0 Å². The molecule has 0 aliphatic carbocycles. The Balaban J connectivity index is 3.18. The van der Waals surface area contributed by atoms with E-state index >= 15 is 0 Å². The van der Waals surface area contributed by atoms with Gasteiger partial charge in [0.05, 0.1) is 12.7 Å². The fourth-order valence-corrected chi connectivity index (χ4v) is 2.90. The van der Waals surface area contributed by atoms with Crippen molar-refractivity contribution in [3.8, 4) is 0 Å². The summed E-state index contributed by atoms with van der Waals surface area (Å²) >= 11 is 0. The monoisotopic (exact) mass is 273 g/mol. The zero-order chi connectivity index (χ0) is 12.6. The number of hydrogen-bond donors (Lipinski definition) is 5. The molecular weight excluding hydrogens is 264 g/mol. The molecule has 1 heterocycles. The van der Waals surface area contributed by atoms with Crippen LogP contribution in [0.5, 0.6) is 0 Å². The Morgan fingerprint density at radius 2 is 1.69 bits per heavy atom. The third-order valence-corrected chi connectivity index (χ3v) is 5.49. The maximum absolute atomic E-state index is 10.9. The van der Waals surface area contributed by atoms with Crippen molar-refractivity contribution in [2.45, 2.75) is 11.6 Å². The third-order valence-electron chi connectivity index (χ3n) is 1.78. The second-order valence-electron chi connectivity index (χ2n) is 2.96. The zero-order valence-corrected chi connectivity index (χ0v) is 9.44. The second-order valence-corrected chi connectivity index (χ2v) is 6.97. The van der Waals surface area contributed by atoms with Crippen LogP contribution in [0.1, 0.15) is 0 Å². The number of rotatable bonds is 4. The molecule has 10 nitrogen and oxygen atoms in total. The van der Waals surface area contributed by atoms with Crippen LogP contribution in [0.4, 0.5) is 0 Å². The average molecular weight is 273 g/mol. The predicted molar refractivity (Wildman–Crippen MR) is 49.1 cm³/mol. The summed E-state index contributed by atoms with van der Waals surface area (Å²) < 4.78 is 22.5. The molecule has 0 saturated heterocycles. The molecule has 1 aromatic heterocycles. The molecule has 0 amide bonds. The van der Waals surface area contributed by atoms with E-state index in [9.17, 15) is 14.2 Å². The Morgan fingerprint density at radius 1 is 1.19 bits per heavy atom. The van der Waals surface area contributed by atoms with E-state index in [4.69, 9.17) is 19.6 Å². The second kappa shape index (κ2) is 4.01. The van der Waals surface area contributed by atoms with Gasteiger partial charge in [0.15, 0.2) is 0 Å². The molecule has 0 saturated carbocycles. The van der Waals surface area contributed by atoms with Gasteiger partial charge in [-0.05, 0) is 0 Å². The Morgan fingerprint density at radius 3 is 2.00 bits per heavy atom. The van der Waals surface area contributed by atoms with Crippen LogP contribution in [0, 0.1) is 0 Å². The first-order chi connectivity index (χ1) is 7.08. The first kappa shape index (κ1) is 13.5. The summed E-state index contributed by atoms with van der Waals surface area (Å²) in [5, 5.41) is 12.4. The molecule has 0 aliphatic heterocycles. The predicted octanol–water partition coefficient (Wildman–Crippen LogP) is -1.72. The van der Waals surface area contributed by atoms with Crippen molar-refractivity contribution < 1.29 is 33.8 Å². The van der Waals surface area contributed by atoms with E-state index in [1.807, 2.05) is 0 Å². The summed E-state index contributed by atoms with van der Waals surface area (Å²) in [5.74, 6) is 0. The summed E-state index contributed by atoms with van der Waals surface area (Å²) in [7, 11) is -10.9. The highest BCUT2D eigenvalue weighted by atomic mass is 31.2. The topological polar surface area (TPSA) is 166 Å². The first-order valence-electron chi connectivity index (χ1n) is 3.76. The van der Waals surface area contributed by atoms with Gasteiger partial charge in [-0.25, -0.2) is 4.68 Å². The molecule has 0 atom stereocenters. The van der Waals surface area contributed by atoms with Crippen LogP contribution in [0.3, 0.4) is 0 Å². The third kappa shape index (κ3) is 2.38. The molecule has 16 heavy (non-hydrogen) atoms. The van der Waals surface area contributed by atoms with Gasteiger partial charge in [-0.3, -0.25) is 9.13 Å². The molecule has 12 heteroatoms. The average Bonchev–Trinajstić information content (AvgIpc) is 2.52. The molecule has 1 aromatic rings. The SMILES string of the molecule is O=P(O)(O)C(O)(Cn1ccnn1)P(=O)(O)O. The van der Waals surface area contributed by atoms with Crippen molar-refractivity contribution in [2.24, 2.45) is 0 Å². The van der Waals surface area contributed by atoms with Crippen LogP contribution >= 0.6 is 15.2 Å². The van der Waals surface area contributed by atoms with Crippen LogP contribution in [0.2, 0.25) is 0 Å². The summed E-state index contributed by atoms with van der Waals surface area (Å²) in [5.41, 5.74) is 0. The van der Waals surface area contributed by atoms with Crippen molar-refractivity contribution in [1.29, 1.82) is 0 Å². The summed E-state index contributed by atoms with van der Waals surface area (Å²) in [6.45, 7) is -1.07. The van der Waals surface area contributed by atoms with Gasteiger partial charge in [0.25, 0.3) is 5.08 Å². The van der Waals surface area contributed by atoms with Gasteiger partial charge in [-0.15, -0.1) is 5.10 Å². The number of hydrogen-bond acceptors (Lipinski definition) is 5. The molecule has 0 bridgehead atoms. The van der Waals surface area contributed by atoms with E-state index < -0.39 is 26.8 Å². The summed E-state index contributed by atoms with van der Waals surface area (Å²) in [4.78, 5) is 35.1. The van der Waals surface area contributed by atoms with Crippen molar-refractivity contribution in [3.05, 3.63) is 12.4 Å². The van der Waals surface area contributed by atoms with E-state index in [-0.39, 0.29) is 0 Å². The Labute approximate surface area is 88.9 Å². The molecule has 0 radical (unpaired) electrons. The molecular formula is C4H9N3O7P2.